The van der Waals surface area contributed by atoms with E-state index in [4.69, 9.17) is 9.16 Å². The largest absolute Gasteiger partial charge is 0.463 e. The maximum Gasteiger partial charge on any atom is 0.330 e. The molecule has 0 aliphatic carbocycles. The first-order valence-corrected chi connectivity index (χ1v) is 6.90. The van der Waals surface area contributed by atoms with E-state index in [9.17, 15) is 4.79 Å². The quantitative estimate of drug-likeness (QED) is 0.380. The predicted molar refractivity (Wildman–Crippen MR) is 70.9 cm³/mol. The number of esters is 1. The zero-order chi connectivity index (χ0) is 13.5. The third kappa shape index (κ3) is 4.64. The molecule has 0 unspecified atom stereocenters. The SMILES string of the molecule is C=CC(=O)OCCC([Si]OC)(C(C)C)C(C)C. The van der Waals surface area contributed by atoms with Gasteiger partial charge >= 0.3 is 5.97 Å². The molecular formula is C13H24O3Si. The van der Waals surface area contributed by atoms with Crippen molar-refractivity contribution in [1.29, 1.82) is 0 Å². The molecule has 0 fully saturated rings. The van der Waals surface area contributed by atoms with Crippen molar-refractivity contribution in [2.45, 2.75) is 39.2 Å². The second kappa shape index (κ2) is 7.66. The molecule has 0 saturated carbocycles. The zero-order valence-electron chi connectivity index (χ0n) is 11.6. The van der Waals surface area contributed by atoms with Crippen molar-refractivity contribution in [1.82, 2.24) is 0 Å². The van der Waals surface area contributed by atoms with Crippen LogP contribution in [-0.4, -0.2) is 29.4 Å². The highest BCUT2D eigenvalue weighted by Gasteiger charge is 2.38. The maximum absolute atomic E-state index is 11.0. The highest BCUT2D eigenvalue weighted by molar-refractivity contribution is 6.32. The molecule has 0 N–H and O–H groups in total. The highest BCUT2D eigenvalue weighted by atomic mass is 28.2. The highest BCUT2D eigenvalue weighted by Crippen LogP contribution is 2.45. The Bertz CT molecular complexity index is 241. The van der Waals surface area contributed by atoms with Crippen LogP contribution in [0, 0.1) is 11.8 Å². The Morgan fingerprint density at radius 1 is 1.35 bits per heavy atom. The fraction of sp³-hybridized carbons (Fsp3) is 0.769. The Morgan fingerprint density at radius 3 is 2.24 bits per heavy atom. The van der Waals surface area contributed by atoms with E-state index in [1.54, 1.807) is 7.11 Å². The van der Waals surface area contributed by atoms with Gasteiger partial charge in [-0.1, -0.05) is 34.3 Å². The Labute approximate surface area is 108 Å². The van der Waals surface area contributed by atoms with Crippen LogP contribution in [0.15, 0.2) is 12.7 Å². The first kappa shape index (κ1) is 16.4. The number of carbonyl (C=O) groups excluding carboxylic acids is 1. The summed E-state index contributed by atoms with van der Waals surface area (Å²) in [5.74, 6) is 0.624. The van der Waals surface area contributed by atoms with Gasteiger partial charge in [-0.3, -0.25) is 0 Å². The summed E-state index contributed by atoms with van der Waals surface area (Å²) in [5.41, 5.74) is 0. The van der Waals surface area contributed by atoms with E-state index >= 15 is 0 Å². The summed E-state index contributed by atoms with van der Waals surface area (Å²) in [7, 11) is 2.15. The van der Waals surface area contributed by atoms with Gasteiger partial charge in [0.2, 0.25) is 9.76 Å². The summed E-state index contributed by atoms with van der Waals surface area (Å²) < 4.78 is 10.5. The first-order valence-electron chi connectivity index (χ1n) is 6.00. The van der Waals surface area contributed by atoms with Crippen LogP contribution < -0.4 is 0 Å². The molecule has 0 spiro atoms. The van der Waals surface area contributed by atoms with Gasteiger partial charge in [-0.05, 0) is 23.3 Å². The van der Waals surface area contributed by atoms with Crippen LogP contribution in [0.5, 0.6) is 0 Å². The van der Waals surface area contributed by atoms with Crippen LogP contribution in [-0.2, 0) is 14.0 Å². The Morgan fingerprint density at radius 2 is 1.88 bits per heavy atom. The van der Waals surface area contributed by atoms with Crippen LogP contribution in [0.3, 0.4) is 0 Å². The molecule has 0 heterocycles. The van der Waals surface area contributed by atoms with Crippen LogP contribution in [0.4, 0.5) is 0 Å². The average Bonchev–Trinajstić information content (AvgIpc) is 2.26. The number of rotatable bonds is 8. The van der Waals surface area contributed by atoms with Gasteiger partial charge in [0.1, 0.15) is 0 Å². The minimum atomic E-state index is -0.354. The molecule has 0 bridgehead atoms. The molecule has 98 valence electrons. The third-order valence-electron chi connectivity index (χ3n) is 3.28. The minimum absolute atomic E-state index is 0.0796. The van der Waals surface area contributed by atoms with Gasteiger partial charge in [0.25, 0.3) is 0 Å². The van der Waals surface area contributed by atoms with Gasteiger partial charge in [-0.25, -0.2) is 4.79 Å². The number of carbonyl (C=O) groups is 1. The van der Waals surface area contributed by atoms with Crippen molar-refractivity contribution < 1.29 is 14.0 Å². The molecule has 0 aliphatic heterocycles. The van der Waals surface area contributed by atoms with Gasteiger partial charge in [0, 0.05) is 13.2 Å². The number of hydrogen-bond donors (Lipinski definition) is 0. The van der Waals surface area contributed by atoms with E-state index < -0.39 is 0 Å². The van der Waals surface area contributed by atoms with Gasteiger partial charge < -0.3 is 9.16 Å². The molecule has 0 aliphatic rings. The summed E-state index contributed by atoms with van der Waals surface area (Å²) in [6, 6.07) is 0. The lowest BCUT2D eigenvalue weighted by molar-refractivity contribution is -0.138. The summed E-state index contributed by atoms with van der Waals surface area (Å²) in [6.45, 7) is 12.6. The van der Waals surface area contributed by atoms with E-state index in [0.717, 1.165) is 6.42 Å². The molecule has 0 saturated heterocycles. The monoisotopic (exact) mass is 256 g/mol. The summed E-state index contributed by atoms with van der Waals surface area (Å²) >= 11 is 0. The van der Waals surface area contributed by atoms with E-state index in [-0.39, 0.29) is 11.0 Å². The fourth-order valence-electron chi connectivity index (χ4n) is 2.10. The lowest BCUT2D eigenvalue weighted by Gasteiger charge is -2.39. The van der Waals surface area contributed by atoms with Crippen LogP contribution >= 0.6 is 0 Å². The van der Waals surface area contributed by atoms with Crippen molar-refractivity contribution in [2.75, 3.05) is 13.7 Å². The second-order valence-corrected chi connectivity index (χ2v) is 6.32. The van der Waals surface area contributed by atoms with Gasteiger partial charge in [-0.15, -0.1) is 0 Å². The summed E-state index contributed by atoms with van der Waals surface area (Å²) in [5, 5.41) is 0.0796. The van der Waals surface area contributed by atoms with E-state index in [1.807, 2.05) is 0 Å². The summed E-state index contributed by atoms with van der Waals surface area (Å²) in [4.78, 5) is 11.0. The molecule has 0 aromatic carbocycles. The van der Waals surface area contributed by atoms with Crippen LogP contribution in [0.1, 0.15) is 34.1 Å². The molecule has 0 amide bonds. The molecule has 3 nitrogen and oxygen atoms in total. The zero-order valence-corrected chi connectivity index (χ0v) is 12.6. The predicted octanol–water partition coefficient (Wildman–Crippen LogP) is 2.84. The smallest absolute Gasteiger partial charge is 0.330 e. The minimum Gasteiger partial charge on any atom is -0.463 e. The van der Waals surface area contributed by atoms with Crippen molar-refractivity contribution >= 4 is 15.7 Å². The number of hydrogen-bond acceptors (Lipinski definition) is 3. The molecular weight excluding hydrogens is 232 g/mol. The third-order valence-corrected chi connectivity index (χ3v) is 5.27. The molecule has 0 atom stereocenters. The molecule has 0 rings (SSSR count). The molecule has 2 radical (unpaired) electrons. The van der Waals surface area contributed by atoms with Gasteiger partial charge in [0.05, 0.1) is 6.61 Å². The van der Waals surface area contributed by atoms with Crippen molar-refractivity contribution in [3.8, 4) is 0 Å². The van der Waals surface area contributed by atoms with E-state index in [1.165, 1.54) is 6.08 Å². The number of ether oxygens (including phenoxy) is 1. The Balaban J connectivity index is 4.57. The van der Waals surface area contributed by atoms with Crippen molar-refractivity contribution in [2.24, 2.45) is 11.8 Å². The Hall–Kier alpha value is -0.613. The van der Waals surface area contributed by atoms with Crippen molar-refractivity contribution in [3.63, 3.8) is 0 Å². The summed E-state index contributed by atoms with van der Waals surface area (Å²) in [6.07, 6.45) is 2.03. The van der Waals surface area contributed by atoms with E-state index in [2.05, 4.69) is 34.3 Å². The average molecular weight is 256 g/mol. The topological polar surface area (TPSA) is 35.5 Å². The van der Waals surface area contributed by atoms with Gasteiger partial charge in [0.15, 0.2) is 0 Å². The molecule has 0 aromatic rings. The Kier molecular flexibility index (Phi) is 7.39. The molecule has 0 aromatic heterocycles. The van der Waals surface area contributed by atoms with Crippen molar-refractivity contribution in [3.05, 3.63) is 12.7 Å². The van der Waals surface area contributed by atoms with Crippen LogP contribution in [0.25, 0.3) is 0 Å². The first-order chi connectivity index (χ1) is 7.90. The van der Waals surface area contributed by atoms with Gasteiger partial charge in [-0.2, -0.15) is 0 Å². The second-order valence-electron chi connectivity index (χ2n) is 4.78. The standard InChI is InChI=1S/C13H24O3Si/c1-7-12(14)16-9-8-13(10(2)3,11(4)5)17-15-6/h7,10-11H,1,8-9H2,2-6H3. The maximum atomic E-state index is 11.0. The molecule has 4 heteroatoms. The lowest BCUT2D eigenvalue weighted by Crippen LogP contribution is -2.34. The molecule has 17 heavy (non-hydrogen) atoms. The lowest BCUT2D eigenvalue weighted by atomic mass is 9.82. The van der Waals surface area contributed by atoms with E-state index in [0.29, 0.717) is 28.2 Å². The fourth-order valence-corrected chi connectivity index (χ4v) is 3.16. The van der Waals surface area contributed by atoms with Crippen LogP contribution in [0.2, 0.25) is 5.04 Å². The normalized spacial score (nSPS) is 11.9.